The second-order valence-electron chi connectivity index (χ2n) is 2.82. The summed E-state index contributed by atoms with van der Waals surface area (Å²) in [4.78, 5) is 0. The van der Waals surface area contributed by atoms with Crippen molar-refractivity contribution in [3.05, 3.63) is 29.6 Å². The molecule has 5 heteroatoms. The van der Waals surface area contributed by atoms with Gasteiger partial charge in [-0.1, -0.05) is 6.07 Å². The number of nitrogens with two attached hydrogens (primary N) is 1. The summed E-state index contributed by atoms with van der Waals surface area (Å²) in [5.41, 5.74) is 5.89. The Hall–Kier alpha value is -0.840. The average Bonchev–Trinajstić information content (AvgIpc) is 2.04. The van der Waals surface area contributed by atoms with Crippen molar-refractivity contribution in [1.29, 1.82) is 0 Å². The number of phenolic OH excluding ortho intramolecular Hbond substituents is 1. The zero-order chi connectivity index (χ0) is 9.84. The molecule has 0 bridgehead atoms. The van der Waals surface area contributed by atoms with Crippen LogP contribution in [0, 0.1) is 5.82 Å². The van der Waals surface area contributed by atoms with Gasteiger partial charge in [0.25, 0.3) is 0 Å². The van der Waals surface area contributed by atoms with Gasteiger partial charge in [-0.2, -0.15) is 0 Å². The summed E-state index contributed by atoms with van der Waals surface area (Å²) < 4.78 is 13.1. The van der Waals surface area contributed by atoms with Crippen molar-refractivity contribution >= 4 is 12.4 Å². The molecule has 0 saturated carbocycles. The lowest BCUT2D eigenvalue weighted by atomic mass is 10.0. The summed E-state index contributed by atoms with van der Waals surface area (Å²) in [5, 5.41) is 17.5. The molecule has 4 N–H and O–H groups in total. The molecule has 0 amide bonds. The van der Waals surface area contributed by atoms with E-state index in [-0.39, 0.29) is 24.8 Å². The Kier molecular flexibility index (Phi) is 5.45. The zero-order valence-electron chi connectivity index (χ0n) is 7.48. The van der Waals surface area contributed by atoms with Crippen molar-refractivity contribution in [2.24, 2.45) is 5.73 Å². The monoisotopic (exact) mass is 221 g/mol. The van der Waals surface area contributed by atoms with E-state index in [0.29, 0.717) is 12.0 Å². The molecule has 0 aliphatic carbocycles. The molecule has 0 spiro atoms. The number of aliphatic hydroxyl groups excluding tert-OH is 1. The minimum Gasteiger partial charge on any atom is -0.508 e. The van der Waals surface area contributed by atoms with E-state index in [1.807, 2.05) is 0 Å². The van der Waals surface area contributed by atoms with Crippen LogP contribution in [-0.2, 0) is 0 Å². The number of halogens is 2. The number of benzene rings is 1. The normalized spacial score (nSPS) is 11.9. The fourth-order valence-corrected chi connectivity index (χ4v) is 1.11. The summed E-state index contributed by atoms with van der Waals surface area (Å²) in [6.07, 6.45) is 0.307. The Morgan fingerprint density at radius 2 is 2.07 bits per heavy atom. The molecule has 1 aromatic carbocycles. The first kappa shape index (κ1) is 13.2. The van der Waals surface area contributed by atoms with Crippen LogP contribution in [0.2, 0.25) is 0 Å². The van der Waals surface area contributed by atoms with Gasteiger partial charge >= 0.3 is 0 Å². The van der Waals surface area contributed by atoms with Gasteiger partial charge < -0.3 is 15.9 Å². The van der Waals surface area contributed by atoms with Gasteiger partial charge in [-0.3, -0.25) is 0 Å². The van der Waals surface area contributed by atoms with Crippen molar-refractivity contribution in [1.82, 2.24) is 0 Å². The molecule has 1 atom stereocenters. The van der Waals surface area contributed by atoms with E-state index in [9.17, 15) is 4.39 Å². The highest BCUT2D eigenvalue weighted by Gasteiger charge is 2.10. The van der Waals surface area contributed by atoms with E-state index >= 15 is 0 Å². The minimum absolute atomic E-state index is 0. The van der Waals surface area contributed by atoms with Gasteiger partial charge in [-0.15, -0.1) is 12.4 Å². The molecule has 1 rings (SSSR count). The van der Waals surface area contributed by atoms with Gasteiger partial charge in [0.05, 0.1) is 0 Å². The van der Waals surface area contributed by atoms with Crippen LogP contribution in [0.25, 0.3) is 0 Å². The molecule has 1 aromatic rings. The van der Waals surface area contributed by atoms with Crippen LogP contribution in [0.4, 0.5) is 4.39 Å². The predicted octanol–water partition coefficient (Wildman–Crippen LogP) is 1.34. The maximum absolute atomic E-state index is 13.1. The van der Waals surface area contributed by atoms with Crippen LogP contribution in [-0.4, -0.2) is 16.8 Å². The summed E-state index contributed by atoms with van der Waals surface area (Å²) in [5.74, 6) is -0.668. The highest BCUT2D eigenvalue weighted by atomic mass is 35.5. The Balaban J connectivity index is 0.00000169. The maximum Gasteiger partial charge on any atom is 0.131 e. The van der Waals surface area contributed by atoms with E-state index in [0.717, 1.165) is 6.07 Å². The second kappa shape index (κ2) is 5.80. The first-order chi connectivity index (χ1) is 6.15. The molecular formula is C9H13ClFNO2. The molecule has 0 aromatic heterocycles. The van der Waals surface area contributed by atoms with E-state index in [1.54, 1.807) is 0 Å². The number of aliphatic hydroxyl groups is 1. The molecule has 0 heterocycles. The first-order valence-corrected chi connectivity index (χ1v) is 4.00. The molecule has 3 nitrogen and oxygen atoms in total. The third-order valence-electron chi connectivity index (χ3n) is 1.82. The van der Waals surface area contributed by atoms with Gasteiger partial charge in [0.2, 0.25) is 0 Å². The van der Waals surface area contributed by atoms with Gasteiger partial charge in [0.1, 0.15) is 11.6 Å². The lowest BCUT2D eigenvalue weighted by Gasteiger charge is -2.11. The van der Waals surface area contributed by atoms with Crippen LogP contribution in [0.3, 0.4) is 0 Å². The quantitative estimate of drug-likeness (QED) is 0.722. The van der Waals surface area contributed by atoms with Gasteiger partial charge in [0.15, 0.2) is 0 Å². The average molecular weight is 222 g/mol. The van der Waals surface area contributed by atoms with Crippen LogP contribution < -0.4 is 5.73 Å². The molecule has 0 radical (unpaired) electrons. The number of rotatable bonds is 3. The third kappa shape index (κ3) is 3.14. The summed E-state index contributed by atoms with van der Waals surface area (Å²) in [7, 11) is 0. The second-order valence-corrected chi connectivity index (χ2v) is 2.82. The molecular weight excluding hydrogens is 209 g/mol. The molecule has 0 unspecified atom stereocenters. The van der Waals surface area contributed by atoms with E-state index in [2.05, 4.69) is 0 Å². The Morgan fingerprint density at radius 3 is 2.57 bits per heavy atom. The standard InChI is InChI=1S/C9H12FNO2.ClH/c10-8-5-6(13)1-2-7(8)9(11)3-4-12;/h1-2,5,9,12-13H,3-4,11H2;1H/t9-;/m1./s1. The zero-order valence-corrected chi connectivity index (χ0v) is 8.30. The Morgan fingerprint density at radius 1 is 1.43 bits per heavy atom. The lowest BCUT2D eigenvalue weighted by Crippen LogP contribution is -2.13. The lowest BCUT2D eigenvalue weighted by molar-refractivity contribution is 0.275. The van der Waals surface area contributed by atoms with Crippen molar-refractivity contribution in [3.8, 4) is 5.75 Å². The van der Waals surface area contributed by atoms with Crippen molar-refractivity contribution < 1.29 is 14.6 Å². The fourth-order valence-electron chi connectivity index (χ4n) is 1.11. The molecule has 0 saturated heterocycles. The fraction of sp³-hybridized carbons (Fsp3) is 0.333. The summed E-state index contributed by atoms with van der Waals surface area (Å²) in [6.45, 7) is -0.0819. The molecule has 0 aliphatic rings. The number of hydrogen-bond donors (Lipinski definition) is 3. The van der Waals surface area contributed by atoms with Crippen LogP contribution >= 0.6 is 12.4 Å². The molecule has 0 fully saturated rings. The minimum atomic E-state index is -0.541. The SMILES string of the molecule is Cl.N[C@H](CCO)c1ccc(O)cc1F. The highest BCUT2D eigenvalue weighted by Crippen LogP contribution is 2.21. The first-order valence-electron chi connectivity index (χ1n) is 4.00. The van der Waals surface area contributed by atoms with Crippen molar-refractivity contribution in [3.63, 3.8) is 0 Å². The Labute approximate surface area is 87.8 Å². The van der Waals surface area contributed by atoms with E-state index in [4.69, 9.17) is 15.9 Å². The maximum atomic E-state index is 13.1. The molecule has 14 heavy (non-hydrogen) atoms. The highest BCUT2D eigenvalue weighted by molar-refractivity contribution is 5.85. The topological polar surface area (TPSA) is 66.5 Å². The summed E-state index contributed by atoms with van der Waals surface area (Å²) in [6, 6.07) is 3.28. The van der Waals surface area contributed by atoms with Gasteiger partial charge in [0, 0.05) is 24.3 Å². The third-order valence-corrected chi connectivity index (χ3v) is 1.82. The largest absolute Gasteiger partial charge is 0.508 e. The Bertz CT molecular complexity index is 296. The number of aromatic hydroxyl groups is 1. The summed E-state index contributed by atoms with van der Waals surface area (Å²) >= 11 is 0. The van der Waals surface area contributed by atoms with Crippen molar-refractivity contribution in [2.75, 3.05) is 6.61 Å². The van der Waals surface area contributed by atoms with Gasteiger partial charge in [-0.25, -0.2) is 4.39 Å². The van der Waals surface area contributed by atoms with E-state index < -0.39 is 11.9 Å². The van der Waals surface area contributed by atoms with Crippen molar-refractivity contribution in [2.45, 2.75) is 12.5 Å². The van der Waals surface area contributed by atoms with Crippen LogP contribution in [0.15, 0.2) is 18.2 Å². The molecule has 80 valence electrons. The number of phenols is 1. The number of hydrogen-bond acceptors (Lipinski definition) is 3. The van der Waals surface area contributed by atoms with Crippen LogP contribution in [0.1, 0.15) is 18.0 Å². The smallest absolute Gasteiger partial charge is 0.131 e. The van der Waals surface area contributed by atoms with Gasteiger partial charge in [-0.05, 0) is 12.5 Å². The molecule has 0 aliphatic heterocycles. The van der Waals surface area contributed by atoms with Crippen LogP contribution in [0.5, 0.6) is 5.75 Å². The van der Waals surface area contributed by atoms with E-state index in [1.165, 1.54) is 12.1 Å². The predicted molar refractivity (Wildman–Crippen MR) is 53.9 cm³/mol.